The van der Waals surface area contributed by atoms with E-state index >= 15 is 0 Å². The van der Waals surface area contributed by atoms with Gasteiger partial charge in [-0.15, -0.1) is 0 Å². The molecule has 0 aliphatic carbocycles. The van der Waals surface area contributed by atoms with Gasteiger partial charge in [-0.25, -0.2) is 9.59 Å². The van der Waals surface area contributed by atoms with Crippen molar-refractivity contribution in [3.8, 4) is 0 Å². The first-order valence-corrected chi connectivity index (χ1v) is 5.14. The summed E-state index contributed by atoms with van der Waals surface area (Å²) in [4.78, 5) is 25.9. The molecule has 0 saturated heterocycles. The Morgan fingerprint density at radius 3 is 2.61 bits per heavy atom. The number of aryl methyl sites for hydroxylation is 1. The third kappa shape index (κ3) is 4.01. The quantitative estimate of drug-likeness (QED) is 0.532. The first-order chi connectivity index (χ1) is 8.40. The summed E-state index contributed by atoms with van der Waals surface area (Å²) in [5.74, 6) is -0.693. The van der Waals surface area contributed by atoms with Gasteiger partial charge in [0, 0.05) is 6.92 Å². The van der Waals surface area contributed by atoms with Gasteiger partial charge in [0.05, 0.1) is 12.6 Å². The lowest BCUT2D eigenvalue weighted by molar-refractivity contribution is -0.141. The van der Waals surface area contributed by atoms with Gasteiger partial charge in [0.15, 0.2) is 11.9 Å². The van der Waals surface area contributed by atoms with Gasteiger partial charge >= 0.3 is 12.0 Å². The van der Waals surface area contributed by atoms with Crippen LogP contribution >= 0.6 is 0 Å². The average molecular weight is 258 g/mol. The number of hydrogen-bond acceptors (Lipinski definition) is 6. The van der Waals surface area contributed by atoms with Crippen molar-refractivity contribution in [1.82, 2.24) is 20.8 Å². The van der Waals surface area contributed by atoms with Gasteiger partial charge in [-0.05, 0) is 6.92 Å². The minimum Gasteiger partial charge on any atom is -0.480 e. The van der Waals surface area contributed by atoms with Crippen LogP contribution in [0.4, 0.5) is 4.79 Å². The van der Waals surface area contributed by atoms with E-state index in [4.69, 9.17) is 10.2 Å². The molecule has 9 nitrogen and oxygen atoms in total. The third-order valence-electron chi connectivity index (χ3n) is 2.01. The second kappa shape index (κ2) is 5.96. The van der Waals surface area contributed by atoms with Crippen LogP contribution in [0, 0.1) is 6.92 Å². The Morgan fingerprint density at radius 1 is 1.50 bits per heavy atom. The van der Waals surface area contributed by atoms with Gasteiger partial charge in [0.1, 0.15) is 0 Å². The van der Waals surface area contributed by atoms with Crippen molar-refractivity contribution in [1.29, 1.82) is 0 Å². The molecular weight excluding hydrogens is 244 g/mol. The Labute approximate surface area is 102 Å². The molecule has 100 valence electrons. The fourth-order valence-electron chi connectivity index (χ4n) is 1.15. The Balaban J connectivity index is 2.43. The molecular formula is C9H14N4O5. The predicted octanol–water partition coefficient (Wildman–Crippen LogP) is -0.989. The Bertz CT molecular complexity index is 430. The van der Waals surface area contributed by atoms with Crippen LogP contribution in [0.5, 0.6) is 0 Å². The molecule has 0 fully saturated rings. The van der Waals surface area contributed by atoms with E-state index in [2.05, 4.69) is 25.3 Å². The van der Waals surface area contributed by atoms with E-state index in [9.17, 15) is 9.59 Å². The summed E-state index contributed by atoms with van der Waals surface area (Å²) in [7, 11) is 0. The van der Waals surface area contributed by atoms with E-state index < -0.39 is 24.1 Å². The topological polar surface area (TPSA) is 138 Å². The maximum atomic E-state index is 11.4. The highest BCUT2D eigenvalue weighted by Crippen LogP contribution is 1.95. The summed E-state index contributed by atoms with van der Waals surface area (Å²) in [5.41, 5.74) is 0. The second-order valence-corrected chi connectivity index (χ2v) is 3.61. The first-order valence-electron chi connectivity index (χ1n) is 5.14. The molecule has 4 N–H and O–H groups in total. The van der Waals surface area contributed by atoms with Gasteiger partial charge in [0.25, 0.3) is 0 Å². The van der Waals surface area contributed by atoms with Crippen molar-refractivity contribution < 1.29 is 24.3 Å². The molecule has 0 aliphatic heterocycles. The minimum absolute atomic E-state index is 0.00464. The zero-order chi connectivity index (χ0) is 13.7. The van der Waals surface area contributed by atoms with Crippen LogP contribution in [0.2, 0.25) is 0 Å². The molecule has 9 heteroatoms. The second-order valence-electron chi connectivity index (χ2n) is 3.61. The predicted molar refractivity (Wildman–Crippen MR) is 57.5 cm³/mol. The Hall–Kier alpha value is -2.16. The van der Waals surface area contributed by atoms with Crippen LogP contribution in [0.3, 0.4) is 0 Å². The standard InChI is InChI=1S/C9H14N4O5/c1-4(14)7(8(15)16)12-9(17)10-3-6-11-5(2)18-13-6/h4,7,14H,3H2,1-2H3,(H,15,16)(H2,10,12,17). The number of carbonyl (C=O) groups excluding carboxylic acids is 1. The molecule has 0 bridgehead atoms. The molecule has 2 atom stereocenters. The molecule has 1 aromatic rings. The van der Waals surface area contributed by atoms with Crippen LogP contribution in [0.25, 0.3) is 0 Å². The molecule has 2 unspecified atom stereocenters. The molecule has 1 rings (SSSR count). The van der Waals surface area contributed by atoms with Crippen molar-refractivity contribution in [2.45, 2.75) is 32.5 Å². The summed E-state index contributed by atoms with van der Waals surface area (Å²) in [5, 5.41) is 25.9. The van der Waals surface area contributed by atoms with Crippen molar-refractivity contribution in [2.75, 3.05) is 0 Å². The molecule has 0 saturated carbocycles. The summed E-state index contributed by atoms with van der Waals surface area (Å²) in [6.45, 7) is 2.86. The van der Waals surface area contributed by atoms with Gasteiger partial charge in [-0.2, -0.15) is 4.98 Å². The monoisotopic (exact) mass is 258 g/mol. The molecule has 0 aliphatic rings. The largest absolute Gasteiger partial charge is 0.480 e. The number of aliphatic hydroxyl groups is 1. The summed E-state index contributed by atoms with van der Waals surface area (Å²) in [6.07, 6.45) is -1.21. The third-order valence-corrected chi connectivity index (χ3v) is 2.01. The number of hydrogen-bond donors (Lipinski definition) is 4. The number of carboxylic acid groups (broad SMARTS) is 1. The van der Waals surface area contributed by atoms with Crippen LogP contribution in [0.15, 0.2) is 4.52 Å². The number of amides is 2. The average Bonchev–Trinajstić information content (AvgIpc) is 2.68. The number of aliphatic carboxylic acids is 1. The first kappa shape index (κ1) is 13.9. The van der Waals surface area contributed by atoms with Crippen molar-refractivity contribution in [3.63, 3.8) is 0 Å². The highest BCUT2D eigenvalue weighted by molar-refractivity contribution is 5.82. The van der Waals surface area contributed by atoms with Gasteiger partial charge in [-0.1, -0.05) is 5.16 Å². The summed E-state index contributed by atoms with van der Waals surface area (Å²) >= 11 is 0. The lowest BCUT2D eigenvalue weighted by atomic mass is 10.2. The van der Waals surface area contributed by atoms with E-state index in [1.807, 2.05) is 0 Å². The lowest BCUT2D eigenvalue weighted by Crippen LogP contribution is -2.51. The molecule has 18 heavy (non-hydrogen) atoms. The number of nitrogens with one attached hydrogen (secondary N) is 2. The molecule has 1 heterocycles. The molecule has 1 aromatic heterocycles. The van der Waals surface area contributed by atoms with Gasteiger partial charge < -0.3 is 25.4 Å². The number of aromatic nitrogens is 2. The van der Waals surface area contributed by atoms with Crippen LogP contribution in [-0.4, -0.2) is 44.5 Å². The van der Waals surface area contributed by atoms with Crippen LogP contribution < -0.4 is 10.6 Å². The van der Waals surface area contributed by atoms with E-state index in [1.165, 1.54) is 6.92 Å². The normalized spacial score (nSPS) is 13.7. The highest BCUT2D eigenvalue weighted by atomic mass is 16.5. The number of carbonyl (C=O) groups is 2. The van der Waals surface area contributed by atoms with Crippen LogP contribution in [0.1, 0.15) is 18.6 Å². The zero-order valence-corrected chi connectivity index (χ0v) is 9.88. The maximum Gasteiger partial charge on any atom is 0.328 e. The van der Waals surface area contributed by atoms with Crippen molar-refractivity contribution in [2.24, 2.45) is 0 Å². The number of carboxylic acids is 1. The fraction of sp³-hybridized carbons (Fsp3) is 0.556. The van der Waals surface area contributed by atoms with Crippen molar-refractivity contribution in [3.05, 3.63) is 11.7 Å². The fourth-order valence-corrected chi connectivity index (χ4v) is 1.15. The van der Waals surface area contributed by atoms with Crippen molar-refractivity contribution >= 4 is 12.0 Å². The zero-order valence-electron chi connectivity index (χ0n) is 9.88. The smallest absolute Gasteiger partial charge is 0.328 e. The van der Waals surface area contributed by atoms with Gasteiger partial charge in [0.2, 0.25) is 5.89 Å². The molecule has 2 amide bonds. The SMILES string of the molecule is Cc1nc(CNC(=O)NC(C(=O)O)C(C)O)no1. The lowest BCUT2D eigenvalue weighted by Gasteiger charge is -2.16. The van der Waals surface area contributed by atoms with E-state index in [0.29, 0.717) is 5.89 Å². The summed E-state index contributed by atoms with van der Waals surface area (Å²) in [6, 6.07) is -2.12. The van der Waals surface area contributed by atoms with Gasteiger partial charge in [-0.3, -0.25) is 0 Å². The van der Waals surface area contributed by atoms with E-state index in [0.717, 1.165) is 0 Å². The van der Waals surface area contributed by atoms with Crippen LogP contribution in [-0.2, 0) is 11.3 Å². The molecule has 0 aromatic carbocycles. The number of rotatable bonds is 5. The number of nitrogens with zero attached hydrogens (tertiary/aromatic N) is 2. The summed E-state index contributed by atoms with van der Waals surface area (Å²) < 4.78 is 4.69. The maximum absolute atomic E-state index is 11.4. The van der Waals surface area contributed by atoms with E-state index in [-0.39, 0.29) is 12.4 Å². The Morgan fingerprint density at radius 2 is 2.17 bits per heavy atom. The van der Waals surface area contributed by atoms with E-state index in [1.54, 1.807) is 6.92 Å². The number of aliphatic hydroxyl groups excluding tert-OH is 1. The Kier molecular flexibility index (Phi) is 4.60. The highest BCUT2D eigenvalue weighted by Gasteiger charge is 2.24. The molecule has 0 spiro atoms. The number of urea groups is 1. The molecule has 0 radical (unpaired) electrons. The minimum atomic E-state index is -1.38.